The highest BCUT2D eigenvalue weighted by atomic mass is 16.4. The molecular formula is C12H21N3O4. The molecule has 0 aromatic rings. The lowest BCUT2D eigenvalue weighted by Crippen LogP contribution is -2.51. The first kappa shape index (κ1) is 15.3. The van der Waals surface area contributed by atoms with Crippen LogP contribution in [0.15, 0.2) is 0 Å². The SMILES string of the molecule is CCCN(CC(=O)O)C(=O)N1CCCC1C(=O)NC. The Morgan fingerprint density at radius 1 is 1.42 bits per heavy atom. The summed E-state index contributed by atoms with van der Waals surface area (Å²) in [6.45, 7) is 2.42. The van der Waals surface area contributed by atoms with E-state index in [1.54, 1.807) is 0 Å². The van der Waals surface area contributed by atoms with Gasteiger partial charge in [-0.25, -0.2) is 4.79 Å². The quantitative estimate of drug-likeness (QED) is 0.743. The van der Waals surface area contributed by atoms with Crippen molar-refractivity contribution in [2.45, 2.75) is 32.2 Å². The van der Waals surface area contributed by atoms with E-state index in [0.29, 0.717) is 25.9 Å². The number of rotatable bonds is 5. The van der Waals surface area contributed by atoms with Crippen LogP contribution in [-0.4, -0.2) is 65.5 Å². The minimum Gasteiger partial charge on any atom is -0.480 e. The molecule has 1 saturated heterocycles. The maximum atomic E-state index is 12.3. The number of carboxylic acid groups (broad SMARTS) is 1. The summed E-state index contributed by atoms with van der Waals surface area (Å²) in [5.74, 6) is -1.24. The number of hydrogen-bond acceptors (Lipinski definition) is 3. The molecule has 0 radical (unpaired) electrons. The Morgan fingerprint density at radius 2 is 2.11 bits per heavy atom. The number of nitrogens with zero attached hydrogens (tertiary/aromatic N) is 2. The Kier molecular flexibility index (Phi) is 5.59. The summed E-state index contributed by atoms with van der Waals surface area (Å²) in [5.41, 5.74) is 0. The second-order valence-corrected chi connectivity index (χ2v) is 4.56. The molecule has 0 bridgehead atoms. The van der Waals surface area contributed by atoms with E-state index in [9.17, 15) is 14.4 Å². The predicted octanol–water partition coefficient (Wildman–Crippen LogP) is 0.113. The molecule has 1 rings (SSSR count). The number of carboxylic acids is 1. The van der Waals surface area contributed by atoms with E-state index in [4.69, 9.17) is 5.11 Å². The van der Waals surface area contributed by atoms with Gasteiger partial charge in [-0.1, -0.05) is 6.92 Å². The summed E-state index contributed by atoms with van der Waals surface area (Å²) >= 11 is 0. The number of carbonyl (C=O) groups is 3. The van der Waals surface area contributed by atoms with Crippen molar-refractivity contribution in [3.63, 3.8) is 0 Å². The molecule has 1 atom stereocenters. The van der Waals surface area contributed by atoms with Crippen molar-refractivity contribution in [2.75, 3.05) is 26.7 Å². The molecule has 2 N–H and O–H groups in total. The number of likely N-dealkylation sites (tertiary alicyclic amines) is 1. The number of amides is 3. The maximum Gasteiger partial charge on any atom is 0.323 e. The fraction of sp³-hybridized carbons (Fsp3) is 0.750. The molecule has 1 aliphatic heterocycles. The summed E-state index contributed by atoms with van der Waals surface area (Å²) in [4.78, 5) is 37.5. The Morgan fingerprint density at radius 3 is 2.63 bits per heavy atom. The van der Waals surface area contributed by atoms with Crippen LogP contribution in [0.5, 0.6) is 0 Å². The molecular weight excluding hydrogens is 250 g/mol. The maximum absolute atomic E-state index is 12.3. The lowest BCUT2D eigenvalue weighted by Gasteiger charge is -2.30. The predicted molar refractivity (Wildman–Crippen MR) is 68.7 cm³/mol. The van der Waals surface area contributed by atoms with Crippen molar-refractivity contribution in [3.05, 3.63) is 0 Å². The first-order valence-electron chi connectivity index (χ1n) is 6.50. The number of urea groups is 1. The van der Waals surface area contributed by atoms with Gasteiger partial charge in [-0.3, -0.25) is 9.59 Å². The molecule has 3 amide bonds. The molecule has 108 valence electrons. The highest BCUT2D eigenvalue weighted by Crippen LogP contribution is 2.19. The average molecular weight is 271 g/mol. The Hall–Kier alpha value is -1.79. The van der Waals surface area contributed by atoms with Crippen LogP contribution >= 0.6 is 0 Å². The lowest BCUT2D eigenvalue weighted by molar-refractivity contribution is -0.137. The van der Waals surface area contributed by atoms with Crippen LogP contribution in [0.3, 0.4) is 0 Å². The zero-order chi connectivity index (χ0) is 14.4. The molecule has 1 aliphatic rings. The van der Waals surface area contributed by atoms with Gasteiger partial charge in [-0.2, -0.15) is 0 Å². The van der Waals surface area contributed by atoms with E-state index >= 15 is 0 Å². The average Bonchev–Trinajstić information content (AvgIpc) is 2.85. The molecule has 0 aliphatic carbocycles. The minimum atomic E-state index is -1.04. The standard InChI is InChI=1S/C12H21N3O4/c1-3-6-14(8-10(16)17)12(19)15-7-4-5-9(15)11(18)13-2/h9H,3-8H2,1-2H3,(H,13,18)(H,16,17). The highest BCUT2D eigenvalue weighted by Gasteiger charge is 2.35. The second-order valence-electron chi connectivity index (χ2n) is 4.56. The van der Waals surface area contributed by atoms with Gasteiger partial charge in [0.25, 0.3) is 0 Å². The van der Waals surface area contributed by atoms with Gasteiger partial charge in [0.15, 0.2) is 0 Å². The zero-order valence-corrected chi connectivity index (χ0v) is 11.4. The first-order chi connectivity index (χ1) is 9.01. The molecule has 0 aromatic heterocycles. The van der Waals surface area contributed by atoms with Gasteiger partial charge in [0.2, 0.25) is 5.91 Å². The molecule has 1 heterocycles. The molecule has 0 spiro atoms. The van der Waals surface area contributed by atoms with Crippen molar-refractivity contribution in [3.8, 4) is 0 Å². The van der Waals surface area contributed by atoms with Gasteiger partial charge in [0.05, 0.1) is 0 Å². The van der Waals surface area contributed by atoms with Crippen molar-refractivity contribution >= 4 is 17.9 Å². The van der Waals surface area contributed by atoms with E-state index in [0.717, 1.165) is 6.42 Å². The van der Waals surface area contributed by atoms with Crippen LogP contribution < -0.4 is 5.32 Å². The van der Waals surface area contributed by atoms with Gasteiger partial charge >= 0.3 is 12.0 Å². The van der Waals surface area contributed by atoms with E-state index < -0.39 is 12.0 Å². The van der Waals surface area contributed by atoms with Gasteiger partial charge in [-0.15, -0.1) is 0 Å². The summed E-state index contributed by atoms with van der Waals surface area (Å²) in [6, 6.07) is -0.846. The summed E-state index contributed by atoms with van der Waals surface area (Å²) in [6.07, 6.45) is 2.06. The molecule has 0 aromatic carbocycles. The van der Waals surface area contributed by atoms with Gasteiger partial charge in [0, 0.05) is 20.1 Å². The van der Waals surface area contributed by atoms with Crippen LogP contribution in [-0.2, 0) is 9.59 Å². The van der Waals surface area contributed by atoms with E-state index in [2.05, 4.69) is 5.32 Å². The third-order valence-corrected chi connectivity index (χ3v) is 3.14. The summed E-state index contributed by atoms with van der Waals surface area (Å²) in [5, 5.41) is 11.4. The Bertz CT molecular complexity index is 359. The van der Waals surface area contributed by atoms with Gasteiger partial charge in [0.1, 0.15) is 12.6 Å². The Labute approximate surface area is 112 Å². The van der Waals surface area contributed by atoms with Crippen LogP contribution in [0, 0.1) is 0 Å². The van der Waals surface area contributed by atoms with Crippen LogP contribution in [0.2, 0.25) is 0 Å². The highest BCUT2D eigenvalue weighted by molar-refractivity contribution is 5.88. The van der Waals surface area contributed by atoms with E-state index in [1.165, 1.54) is 16.8 Å². The number of hydrogen-bond donors (Lipinski definition) is 2. The summed E-state index contributed by atoms with van der Waals surface area (Å²) in [7, 11) is 1.53. The third kappa shape index (κ3) is 3.84. The molecule has 7 nitrogen and oxygen atoms in total. The Balaban J connectivity index is 2.77. The fourth-order valence-corrected chi connectivity index (χ4v) is 2.29. The van der Waals surface area contributed by atoms with Crippen LogP contribution in [0.4, 0.5) is 4.79 Å². The number of nitrogens with one attached hydrogen (secondary N) is 1. The lowest BCUT2D eigenvalue weighted by atomic mass is 10.2. The first-order valence-corrected chi connectivity index (χ1v) is 6.50. The molecule has 0 saturated carbocycles. The molecule has 7 heteroatoms. The normalized spacial score (nSPS) is 18.2. The van der Waals surface area contributed by atoms with E-state index in [1.807, 2.05) is 6.92 Å². The van der Waals surface area contributed by atoms with Gasteiger partial charge < -0.3 is 20.2 Å². The van der Waals surface area contributed by atoms with Crippen LogP contribution in [0.1, 0.15) is 26.2 Å². The second kappa shape index (κ2) is 6.96. The van der Waals surface area contributed by atoms with Crippen molar-refractivity contribution < 1.29 is 19.5 Å². The monoisotopic (exact) mass is 271 g/mol. The number of likely N-dealkylation sites (N-methyl/N-ethyl adjacent to an activating group) is 1. The molecule has 1 unspecified atom stereocenters. The number of carbonyl (C=O) groups excluding carboxylic acids is 2. The third-order valence-electron chi connectivity index (χ3n) is 3.14. The van der Waals surface area contributed by atoms with Gasteiger partial charge in [-0.05, 0) is 19.3 Å². The topological polar surface area (TPSA) is 90.0 Å². The zero-order valence-electron chi connectivity index (χ0n) is 11.4. The van der Waals surface area contributed by atoms with Crippen molar-refractivity contribution in [2.24, 2.45) is 0 Å². The minimum absolute atomic E-state index is 0.197. The van der Waals surface area contributed by atoms with E-state index in [-0.39, 0.29) is 18.5 Å². The van der Waals surface area contributed by atoms with Crippen molar-refractivity contribution in [1.29, 1.82) is 0 Å². The van der Waals surface area contributed by atoms with Crippen LogP contribution in [0.25, 0.3) is 0 Å². The molecule has 1 fully saturated rings. The van der Waals surface area contributed by atoms with Crippen molar-refractivity contribution in [1.82, 2.24) is 15.1 Å². The smallest absolute Gasteiger partial charge is 0.323 e. The molecule has 19 heavy (non-hydrogen) atoms. The summed E-state index contributed by atoms with van der Waals surface area (Å²) < 4.78 is 0. The largest absolute Gasteiger partial charge is 0.480 e. The fourth-order valence-electron chi connectivity index (χ4n) is 2.29. The number of aliphatic carboxylic acids is 1.